The second kappa shape index (κ2) is 4.96. The Kier molecular flexibility index (Phi) is 3.89. The molecule has 1 aromatic rings. The number of benzene rings is 1. The molecule has 1 rings (SSSR count). The molecule has 0 aliphatic carbocycles. The molecule has 0 aliphatic rings. The first kappa shape index (κ1) is 11.0. The molecule has 0 saturated carbocycles. The predicted octanol–water partition coefficient (Wildman–Crippen LogP) is 2.39. The van der Waals surface area contributed by atoms with Crippen molar-refractivity contribution in [3.8, 4) is 0 Å². The zero-order valence-corrected chi connectivity index (χ0v) is 9.45. The number of nitrogens with one attached hydrogen (secondary N) is 1. The summed E-state index contributed by atoms with van der Waals surface area (Å²) in [5, 5.41) is 3.28. The first-order chi connectivity index (χ1) is 6.59. The van der Waals surface area contributed by atoms with E-state index in [1.165, 1.54) is 11.1 Å². The molecule has 0 aliphatic heterocycles. The highest BCUT2D eigenvalue weighted by molar-refractivity contribution is 7.80. The van der Waals surface area contributed by atoms with E-state index >= 15 is 0 Å². The number of nitrogens with two attached hydrogens (primary N) is 1. The second-order valence-electron chi connectivity index (χ2n) is 3.44. The molecule has 0 spiro atoms. The van der Waals surface area contributed by atoms with Crippen LogP contribution in [0.15, 0.2) is 18.2 Å². The maximum Gasteiger partial charge on any atom is 0.0745 e. The monoisotopic (exact) mass is 208 g/mol. The quantitative estimate of drug-likeness (QED) is 0.746. The Balaban J connectivity index is 2.51. The summed E-state index contributed by atoms with van der Waals surface area (Å²) in [6.07, 6.45) is 0.738. The van der Waals surface area contributed by atoms with Crippen molar-refractivity contribution in [2.45, 2.75) is 20.3 Å². The smallest absolute Gasteiger partial charge is 0.0745 e. The van der Waals surface area contributed by atoms with E-state index in [0.29, 0.717) is 4.99 Å². The highest BCUT2D eigenvalue weighted by atomic mass is 32.1. The molecule has 2 nitrogen and oxygen atoms in total. The van der Waals surface area contributed by atoms with Crippen molar-refractivity contribution in [3.05, 3.63) is 29.3 Å². The molecule has 0 amide bonds. The molecular weight excluding hydrogens is 192 g/mol. The number of thiocarbonyl (C=S) groups is 1. The van der Waals surface area contributed by atoms with Crippen molar-refractivity contribution in [3.63, 3.8) is 0 Å². The molecule has 0 aromatic heterocycles. The average molecular weight is 208 g/mol. The highest BCUT2D eigenvalue weighted by Gasteiger charge is 1.95. The van der Waals surface area contributed by atoms with Crippen LogP contribution in [0.4, 0.5) is 5.69 Å². The van der Waals surface area contributed by atoms with E-state index in [1.807, 2.05) is 0 Å². The van der Waals surface area contributed by atoms with Crippen LogP contribution >= 0.6 is 12.2 Å². The van der Waals surface area contributed by atoms with Gasteiger partial charge in [-0.25, -0.2) is 0 Å². The SMILES string of the molecule is Cc1ccc(NCCC(N)=S)cc1C. The van der Waals surface area contributed by atoms with Crippen LogP contribution in [0.25, 0.3) is 0 Å². The molecule has 14 heavy (non-hydrogen) atoms. The predicted molar refractivity (Wildman–Crippen MR) is 65.8 cm³/mol. The van der Waals surface area contributed by atoms with Gasteiger partial charge in [0.1, 0.15) is 0 Å². The minimum absolute atomic E-state index is 0.557. The van der Waals surface area contributed by atoms with Gasteiger partial charge in [-0.2, -0.15) is 0 Å². The van der Waals surface area contributed by atoms with Crippen LogP contribution in [0.3, 0.4) is 0 Å². The molecule has 0 fully saturated rings. The van der Waals surface area contributed by atoms with Gasteiger partial charge in [0, 0.05) is 18.7 Å². The van der Waals surface area contributed by atoms with Gasteiger partial charge in [-0.1, -0.05) is 18.3 Å². The van der Waals surface area contributed by atoms with Crippen LogP contribution in [-0.2, 0) is 0 Å². The lowest BCUT2D eigenvalue weighted by Gasteiger charge is -2.07. The molecule has 3 N–H and O–H groups in total. The Labute approximate surface area is 90.5 Å². The Hall–Kier alpha value is -1.09. The van der Waals surface area contributed by atoms with Crippen LogP contribution in [0, 0.1) is 13.8 Å². The summed E-state index contributed by atoms with van der Waals surface area (Å²) in [6, 6.07) is 6.31. The van der Waals surface area contributed by atoms with Crippen molar-refractivity contribution in [2.24, 2.45) is 5.73 Å². The Morgan fingerprint density at radius 2 is 2.07 bits per heavy atom. The standard InChI is InChI=1S/C11H16N2S/c1-8-3-4-10(7-9(8)2)13-6-5-11(12)14/h3-4,7,13H,5-6H2,1-2H3,(H2,12,14). The van der Waals surface area contributed by atoms with Gasteiger partial charge in [0.15, 0.2) is 0 Å². The number of hydrogen-bond donors (Lipinski definition) is 2. The van der Waals surface area contributed by atoms with E-state index in [9.17, 15) is 0 Å². The third kappa shape index (κ3) is 3.34. The minimum atomic E-state index is 0.557. The van der Waals surface area contributed by atoms with Crippen LogP contribution < -0.4 is 11.1 Å². The van der Waals surface area contributed by atoms with Gasteiger partial charge in [0.05, 0.1) is 4.99 Å². The van der Waals surface area contributed by atoms with Gasteiger partial charge in [-0.15, -0.1) is 0 Å². The summed E-state index contributed by atoms with van der Waals surface area (Å²) < 4.78 is 0. The number of aryl methyl sites for hydroxylation is 2. The zero-order chi connectivity index (χ0) is 10.6. The van der Waals surface area contributed by atoms with E-state index in [4.69, 9.17) is 18.0 Å². The summed E-state index contributed by atoms with van der Waals surface area (Å²) in [5.41, 5.74) is 9.14. The fourth-order valence-corrected chi connectivity index (χ4v) is 1.28. The summed E-state index contributed by atoms with van der Waals surface area (Å²) >= 11 is 4.80. The zero-order valence-electron chi connectivity index (χ0n) is 8.63. The summed E-state index contributed by atoms with van der Waals surface area (Å²) in [7, 11) is 0. The van der Waals surface area contributed by atoms with Crippen LogP contribution in [-0.4, -0.2) is 11.5 Å². The first-order valence-electron chi connectivity index (χ1n) is 4.69. The van der Waals surface area contributed by atoms with Crippen LogP contribution in [0.2, 0.25) is 0 Å². The van der Waals surface area contributed by atoms with Crippen LogP contribution in [0.1, 0.15) is 17.5 Å². The third-order valence-electron chi connectivity index (χ3n) is 2.21. The first-order valence-corrected chi connectivity index (χ1v) is 5.10. The molecule has 0 unspecified atom stereocenters. The van der Waals surface area contributed by atoms with Gasteiger partial charge in [0.2, 0.25) is 0 Å². The topological polar surface area (TPSA) is 38.0 Å². The molecule has 76 valence electrons. The number of rotatable bonds is 4. The van der Waals surface area contributed by atoms with Crippen molar-refractivity contribution in [2.75, 3.05) is 11.9 Å². The van der Waals surface area contributed by atoms with Gasteiger partial charge in [-0.05, 0) is 37.1 Å². The molecule has 0 radical (unpaired) electrons. The lowest BCUT2D eigenvalue weighted by molar-refractivity contribution is 1.11. The second-order valence-corrected chi connectivity index (χ2v) is 3.97. The Morgan fingerprint density at radius 3 is 2.64 bits per heavy atom. The third-order valence-corrected chi connectivity index (χ3v) is 2.41. The molecular formula is C11H16N2S. The van der Waals surface area contributed by atoms with Gasteiger partial charge >= 0.3 is 0 Å². The van der Waals surface area contributed by atoms with Gasteiger partial charge < -0.3 is 11.1 Å². The largest absolute Gasteiger partial charge is 0.393 e. The minimum Gasteiger partial charge on any atom is -0.393 e. The van der Waals surface area contributed by atoms with E-state index < -0.39 is 0 Å². The van der Waals surface area contributed by atoms with Gasteiger partial charge in [-0.3, -0.25) is 0 Å². The van der Waals surface area contributed by atoms with E-state index in [2.05, 4.69) is 37.4 Å². The number of hydrogen-bond acceptors (Lipinski definition) is 2. The lowest BCUT2D eigenvalue weighted by atomic mass is 10.1. The van der Waals surface area contributed by atoms with Gasteiger partial charge in [0.25, 0.3) is 0 Å². The molecule has 1 aromatic carbocycles. The maximum absolute atomic E-state index is 5.40. The summed E-state index contributed by atoms with van der Waals surface area (Å²) in [6.45, 7) is 5.01. The summed E-state index contributed by atoms with van der Waals surface area (Å²) in [5.74, 6) is 0. The lowest BCUT2D eigenvalue weighted by Crippen LogP contribution is -2.13. The molecule has 0 heterocycles. The van der Waals surface area contributed by atoms with Crippen molar-refractivity contribution < 1.29 is 0 Å². The maximum atomic E-state index is 5.40. The fraction of sp³-hybridized carbons (Fsp3) is 0.364. The molecule has 0 bridgehead atoms. The molecule has 0 atom stereocenters. The summed E-state index contributed by atoms with van der Waals surface area (Å²) in [4.78, 5) is 0.557. The van der Waals surface area contributed by atoms with E-state index in [1.54, 1.807) is 0 Å². The average Bonchev–Trinajstić information content (AvgIpc) is 2.10. The number of anilines is 1. The van der Waals surface area contributed by atoms with Crippen molar-refractivity contribution in [1.82, 2.24) is 0 Å². The van der Waals surface area contributed by atoms with Crippen molar-refractivity contribution in [1.29, 1.82) is 0 Å². The molecule has 3 heteroatoms. The molecule has 0 saturated heterocycles. The van der Waals surface area contributed by atoms with Crippen LogP contribution in [0.5, 0.6) is 0 Å². The normalized spacial score (nSPS) is 9.86. The van der Waals surface area contributed by atoms with E-state index in [-0.39, 0.29) is 0 Å². The van der Waals surface area contributed by atoms with E-state index in [0.717, 1.165) is 18.7 Å². The fourth-order valence-electron chi connectivity index (χ4n) is 1.18. The van der Waals surface area contributed by atoms with Crippen molar-refractivity contribution >= 4 is 22.9 Å². The Bertz CT molecular complexity index is 334. The Morgan fingerprint density at radius 1 is 1.36 bits per heavy atom. The highest BCUT2D eigenvalue weighted by Crippen LogP contribution is 2.13.